The van der Waals surface area contributed by atoms with E-state index in [0.717, 1.165) is 4.68 Å². The van der Waals surface area contributed by atoms with Crippen molar-refractivity contribution < 1.29 is 30.7 Å². The summed E-state index contributed by atoms with van der Waals surface area (Å²) in [7, 11) is 1.26. The van der Waals surface area contributed by atoms with Crippen molar-refractivity contribution in [1.82, 2.24) is 9.78 Å². The molecule has 0 fully saturated rings. The largest absolute Gasteiger partial charge is 0.460 e. The smallest absolute Gasteiger partial charge is 0.272 e. The molecule has 20 heavy (non-hydrogen) atoms. The first-order valence-corrected chi connectivity index (χ1v) is 5.87. The van der Waals surface area contributed by atoms with Gasteiger partial charge >= 0.3 is 18.0 Å². The first kappa shape index (κ1) is 15.1. The van der Waals surface area contributed by atoms with Gasteiger partial charge in [0.25, 0.3) is 0 Å². The van der Waals surface area contributed by atoms with Crippen LogP contribution in [0.25, 0.3) is 0 Å². The molecule has 2 rings (SSSR count). The van der Waals surface area contributed by atoms with E-state index in [4.69, 9.17) is 0 Å². The van der Waals surface area contributed by atoms with E-state index < -0.39 is 23.7 Å². The van der Waals surface area contributed by atoms with Crippen molar-refractivity contribution in [1.29, 1.82) is 0 Å². The van der Waals surface area contributed by atoms with Crippen LogP contribution in [0.5, 0.6) is 0 Å². The molecule has 0 radical (unpaired) electrons. The highest BCUT2D eigenvalue weighted by molar-refractivity contribution is 5.33. The van der Waals surface area contributed by atoms with E-state index in [-0.39, 0.29) is 12.0 Å². The molecule has 2 nitrogen and oxygen atoms in total. The van der Waals surface area contributed by atoms with Crippen molar-refractivity contribution in [3.05, 3.63) is 17.0 Å². The molecule has 1 heterocycles. The molecule has 1 aliphatic rings. The molecule has 0 saturated heterocycles. The van der Waals surface area contributed by atoms with Gasteiger partial charge in [-0.2, -0.15) is 35.8 Å². The van der Waals surface area contributed by atoms with E-state index in [2.05, 4.69) is 5.10 Å². The molecule has 0 saturated carbocycles. The molecule has 0 atom stereocenters. The fourth-order valence-electron chi connectivity index (χ4n) is 2.35. The minimum Gasteiger partial charge on any atom is -0.272 e. The average molecular weight is 304 g/mol. The van der Waals surface area contributed by atoms with E-state index in [0.29, 0.717) is 25.0 Å². The summed E-state index contributed by atoms with van der Waals surface area (Å²) < 4.78 is 91.0. The number of alkyl halides is 7. The van der Waals surface area contributed by atoms with Crippen molar-refractivity contribution >= 4 is 0 Å². The van der Waals surface area contributed by atoms with Gasteiger partial charge in [-0.1, -0.05) is 0 Å². The minimum atomic E-state index is -6.34. The molecule has 9 heteroatoms. The molecule has 0 spiro atoms. The Hall–Kier alpha value is -1.28. The van der Waals surface area contributed by atoms with Gasteiger partial charge in [-0.25, -0.2) is 0 Å². The first-order chi connectivity index (χ1) is 9.00. The fraction of sp³-hybridized carbons (Fsp3) is 0.727. The van der Waals surface area contributed by atoms with E-state index >= 15 is 0 Å². The third-order valence-corrected chi connectivity index (χ3v) is 3.41. The molecule has 114 valence electrons. The number of aryl methyl sites for hydroxylation is 1. The number of hydrogen-bond acceptors (Lipinski definition) is 1. The summed E-state index contributed by atoms with van der Waals surface area (Å²) in [4.78, 5) is 0. The summed E-state index contributed by atoms with van der Waals surface area (Å²) in [6, 6.07) is 0. The second kappa shape index (κ2) is 4.36. The van der Waals surface area contributed by atoms with Gasteiger partial charge in [0.15, 0.2) is 0 Å². The summed E-state index contributed by atoms with van der Waals surface area (Å²) in [5, 5.41) is 3.23. The van der Waals surface area contributed by atoms with Gasteiger partial charge in [0.1, 0.15) is 5.69 Å². The first-order valence-electron chi connectivity index (χ1n) is 5.87. The molecule has 0 aliphatic heterocycles. The summed E-state index contributed by atoms with van der Waals surface area (Å²) >= 11 is 0. The molecule has 1 aliphatic carbocycles. The topological polar surface area (TPSA) is 17.8 Å². The van der Waals surface area contributed by atoms with Gasteiger partial charge in [0.05, 0.1) is 0 Å². The van der Waals surface area contributed by atoms with Gasteiger partial charge < -0.3 is 0 Å². The Labute approximate surface area is 109 Å². The number of rotatable bonds is 2. The van der Waals surface area contributed by atoms with Crippen LogP contribution in [0.3, 0.4) is 0 Å². The van der Waals surface area contributed by atoms with Crippen LogP contribution in [0, 0.1) is 0 Å². The monoisotopic (exact) mass is 304 g/mol. The number of nitrogens with zero attached hydrogens (tertiary/aromatic N) is 2. The predicted octanol–water partition coefficient (Wildman–Crippen LogP) is 3.59. The molecule has 0 unspecified atom stereocenters. The lowest BCUT2D eigenvalue weighted by Crippen LogP contribution is -2.50. The number of fused-ring (bicyclic) bond motifs is 1. The Bertz CT molecular complexity index is 516. The second-order valence-corrected chi connectivity index (χ2v) is 4.75. The van der Waals surface area contributed by atoms with Crippen molar-refractivity contribution in [3.63, 3.8) is 0 Å². The summed E-state index contributed by atoms with van der Waals surface area (Å²) in [6.07, 6.45) is -4.85. The van der Waals surface area contributed by atoms with Crippen LogP contribution in [0.15, 0.2) is 0 Å². The molecular formula is C11H11F7N2. The lowest BCUT2D eigenvalue weighted by molar-refractivity contribution is -0.360. The summed E-state index contributed by atoms with van der Waals surface area (Å²) in [6.45, 7) is 0. The number of halogens is 7. The van der Waals surface area contributed by atoms with E-state index in [1.54, 1.807) is 0 Å². The van der Waals surface area contributed by atoms with Crippen LogP contribution in [0.4, 0.5) is 30.7 Å². The molecule has 0 bridgehead atoms. The molecule has 1 aromatic heterocycles. The van der Waals surface area contributed by atoms with Gasteiger partial charge in [0, 0.05) is 18.3 Å². The lowest BCUT2D eigenvalue weighted by atomic mass is 9.92. The maximum atomic E-state index is 13.7. The van der Waals surface area contributed by atoms with Crippen molar-refractivity contribution in [2.75, 3.05) is 0 Å². The van der Waals surface area contributed by atoms with Gasteiger partial charge in [-0.3, -0.25) is 4.68 Å². The van der Waals surface area contributed by atoms with Crippen LogP contribution < -0.4 is 0 Å². The highest BCUT2D eigenvalue weighted by Crippen LogP contribution is 2.52. The normalized spacial score (nSPS) is 17.2. The molecule has 0 N–H and O–H groups in total. The highest BCUT2D eigenvalue weighted by Gasteiger charge is 2.75. The Morgan fingerprint density at radius 3 is 2.05 bits per heavy atom. The lowest BCUT2D eigenvalue weighted by Gasteiger charge is -2.28. The molecule has 0 amide bonds. The number of hydrogen-bond donors (Lipinski definition) is 0. The third kappa shape index (κ3) is 1.98. The SMILES string of the molecule is Cn1nc(C(F)(F)C(F)(F)C(F)(F)F)c2c1CCCC2. The zero-order valence-corrected chi connectivity index (χ0v) is 10.4. The molecule has 1 aromatic rings. The van der Waals surface area contributed by atoms with Crippen LogP contribution in [-0.4, -0.2) is 21.9 Å². The predicted molar refractivity (Wildman–Crippen MR) is 54.7 cm³/mol. The zero-order chi connectivity index (χ0) is 15.3. The van der Waals surface area contributed by atoms with Crippen molar-refractivity contribution in [2.24, 2.45) is 7.05 Å². The zero-order valence-electron chi connectivity index (χ0n) is 10.4. The quantitative estimate of drug-likeness (QED) is 0.764. The fourth-order valence-corrected chi connectivity index (χ4v) is 2.35. The Balaban J connectivity index is 2.55. The molecule has 0 aromatic carbocycles. The summed E-state index contributed by atoms with van der Waals surface area (Å²) in [5.41, 5.74) is -1.35. The van der Waals surface area contributed by atoms with Crippen LogP contribution in [-0.2, 0) is 25.8 Å². The number of aromatic nitrogens is 2. The highest BCUT2D eigenvalue weighted by atomic mass is 19.4. The molecular weight excluding hydrogens is 293 g/mol. The van der Waals surface area contributed by atoms with Crippen molar-refractivity contribution in [2.45, 2.75) is 43.7 Å². The Kier molecular flexibility index (Phi) is 3.29. The average Bonchev–Trinajstić information content (AvgIpc) is 2.66. The Morgan fingerprint density at radius 2 is 1.50 bits per heavy atom. The Morgan fingerprint density at radius 1 is 0.950 bits per heavy atom. The summed E-state index contributed by atoms with van der Waals surface area (Å²) in [5.74, 6) is -11.5. The van der Waals surface area contributed by atoms with Gasteiger partial charge in [-0.15, -0.1) is 0 Å². The van der Waals surface area contributed by atoms with Crippen LogP contribution in [0.2, 0.25) is 0 Å². The second-order valence-electron chi connectivity index (χ2n) is 4.75. The van der Waals surface area contributed by atoms with E-state index in [9.17, 15) is 30.7 Å². The third-order valence-electron chi connectivity index (χ3n) is 3.41. The van der Waals surface area contributed by atoms with E-state index in [1.807, 2.05) is 0 Å². The van der Waals surface area contributed by atoms with Crippen molar-refractivity contribution in [3.8, 4) is 0 Å². The van der Waals surface area contributed by atoms with Crippen LogP contribution >= 0.6 is 0 Å². The minimum absolute atomic E-state index is 0.0298. The maximum Gasteiger partial charge on any atom is 0.460 e. The van der Waals surface area contributed by atoms with E-state index in [1.165, 1.54) is 7.05 Å². The van der Waals surface area contributed by atoms with Crippen LogP contribution in [0.1, 0.15) is 29.8 Å². The van der Waals surface area contributed by atoms with Gasteiger partial charge in [0.2, 0.25) is 0 Å². The standard InChI is InChI=1S/C11H11F7N2/c1-20-7-5-3-2-4-6(7)8(19-20)9(12,13)10(14,15)11(16,17)18/h2-5H2,1H3. The van der Waals surface area contributed by atoms with Gasteiger partial charge in [-0.05, 0) is 25.7 Å². The maximum absolute atomic E-state index is 13.7.